The molecule has 2 heterocycles. The molecule has 0 aliphatic rings. The number of benzene rings is 1. The van der Waals surface area contributed by atoms with Crippen molar-refractivity contribution < 1.29 is 18.0 Å². The second-order valence-corrected chi connectivity index (χ2v) is 7.43. The minimum absolute atomic E-state index is 0.144. The number of alkyl halides is 3. The first-order valence-corrected chi connectivity index (χ1v) is 10.0. The molecule has 0 bridgehead atoms. The molecular weight excluding hydrogens is 423 g/mol. The summed E-state index contributed by atoms with van der Waals surface area (Å²) in [4.78, 5) is 25.8. The smallest absolute Gasteiger partial charge is 0.342 e. The zero-order valence-corrected chi connectivity index (χ0v) is 18.2. The van der Waals surface area contributed by atoms with E-state index in [-0.39, 0.29) is 17.9 Å². The number of aryl methyl sites for hydroxylation is 1. The molecule has 0 aliphatic carbocycles. The van der Waals surface area contributed by atoms with Gasteiger partial charge in [0.15, 0.2) is 0 Å². The maximum absolute atomic E-state index is 13.4. The molecule has 0 radical (unpaired) electrons. The maximum atomic E-state index is 13.4. The molecule has 0 N–H and O–H groups in total. The predicted octanol–water partition coefficient (Wildman–Crippen LogP) is 3.37. The van der Waals surface area contributed by atoms with Crippen molar-refractivity contribution in [3.05, 3.63) is 59.7 Å². The van der Waals surface area contributed by atoms with Crippen LogP contribution in [0.3, 0.4) is 0 Å². The van der Waals surface area contributed by atoms with Crippen molar-refractivity contribution in [2.45, 2.75) is 33.0 Å². The maximum Gasteiger partial charge on any atom is 0.419 e. The highest BCUT2D eigenvalue weighted by Gasteiger charge is 2.31. The van der Waals surface area contributed by atoms with Gasteiger partial charge >= 0.3 is 6.18 Å². The third kappa shape index (κ3) is 5.04. The summed E-state index contributed by atoms with van der Waals surface area (Å²) >= 11 is 0. The molecule has 3 rings (SSSR count). The number of aromatic nitrogens is 5. The van der Waals surface area contributed by atoms with Gasteiger partial charge in [-0.1, -0.05) is 11.6 Å². The molecule has 8 nitrogen and oxygen atoms in total. The molecule has 170 valence electrons. The van der Waals surface area contributed by atoms with Crippen LogP contribution < -0.4 is 4.90 Å². The van der Waals surface area contributed by atoms with Crippen LogP contribution in [0.2, 0.25) is 0 Å². The summed E-state index contributed by atoms with van der Waals surface area (Å²) in [5, 5.41) is 8.26. The van der Waals surface area contributed by atoms with E-state index in [0.29, 0.717) is 24.3 Å². The lowest BCUT2D eigenvalue weighted by molar-refractivity contribution is -0.138. The molecular formula is C21H24F3N7O. The van der Waals surface area contributed by atoms with Crippen LogP contribution >= 0.6 is 0 Å². The van der Waals surface area contributed by atoms with Crippen molar-refractivity contribution in [2.75, 3.05) is 25.0 Å². The molecule has 0 saturated carbocycles. The van der Waals surface area contributed by atoms with Gasteiger partial charge in [-0.15, -0.1) is 0 Å². The molecule has 32 heavy (non-hydrogen) atoms. The zero-order chi connectivity index (χ0) is 23.5. The first-order valence-electron chi connectivity index (χ1n) is 10.0. The SMILES string of the molecule is CCN(C(=O)c1cc(C)ccc1-n1nccn1)[C@@H](C)CN(C)c1ncc(C(F)(F)F)cn1. The van der Waals surface area contributed by atoms with Crippen molar-refractivity contribution in [2.24, 2.45) is 0 Å². The van der Waals surface area contributed by atoms with Gasteiger partial charge in [0.1, 0.15) is 0 Å². The number of halogens is 3. The quantitative estimate of drug-likeness (QED) is 0.553. The van der Waals surface area contributed by atoms with E-state index in [4.69, 9.17) is 0 Å². The Bertz CT molecular complexity index is 1050. The highest BCUT2D eigenvalue weighted by molar-refractivity contribution is 5.98. The molecule has 11 heteroatoms. The Kier molecular flexibility index (Phi) is 6.75. The van der Waals surface area contributed by atoms with E-state index in [0.717, 1.165) is 18.0 Å². The van der Waals surface area contributed by atoms with Gasteiger partial charge < -0.3 is 9.80 Å². The fourth-order valence-corrected chi connectivity index (χ4v) is 3.39. The average molecular weight is 447 g/mol. The highest BCUT2D eigenvalue weighted by Crippen LogP contribution is 2.28. The van der Waals surface area contributed by atoms with Crippen LogP contribution in [0.4, 0.5) is 19.1 Å². The molecule has 1 atom stereocenters. The summed E-state index contributed by atoms with van der Waals surface area (Å²) in [5.41, 5.74) is 1.04. The number of likely N-dealkylation sites (N-methyl/N-ethyl adjacent to an activating group) is 2. The van der Waals surface area contributed by atoms with Crippen molar-refractivity contribution in [1.29, 1.82) is 0 Å². The molecule has 0 fully saturated rings. The van der Waals surface area contributed by atoms with Gasteiger partial charge in [0.05, 0.1) is 29.2 Å². The van der Waals surface area contributed by atoms with Crippen molar-refractivity contribution >= 4 is 11.9 Å². The van der Waals surface area contributed by atoms with E-state index in [1.54, 1.807) is 29.0 Å². The highest BCUT2D eigenvalue weighted by atomic mass is 19.4. The van der Waals surface area contributed by atoms with Gasteiger partial charge in [-0.05, 0) is 32.9 Å². The Morgan fingerprint density at radius 1 is 1.16 bits per heavy atom. The number of anilines is 1. The molecule has 0 unspecified atom stereocenters. The predicted molar refractivity (Wildman–Crippen MR) is 113 cm³/mol. The average Bonchev–Trinajstić information content (AvgIpc) is 3.28. The van der Waals surface area contributed by atoms with Crippen molar-refractivity contribution in [3.63, 3.8) is 0 Å². The first kappa shape index (κ1) is 23.2. The molecule has 1 amide bonds. The lowest BCUT2D eigenvalue weighted by Gasteiger charge is -2.32. The van der Waals surface area contributed by atoms with Gasteiger partial charge in [-0.25, -0.2) is 9.97 Å². The van der Waals surface area contributed by atoms with E-state index in [2.05, 4.69) is 20.2 Å². The summed E-state index contributed by atoms with van der Waals surface area (Å²) in [6.07, 6.45) is 0.0795. The van der Waals surface area contributed by atoms with Crippen LogP contribution in [0.25, 0.3) is 5.69 Å². The third-order valence-electron chi connectivity index (χ3n) is 5.00. The van der Waals surface area contributed by atoms with Crippen LogP contribution in [0, 0.1) is 6.92 Å². The van der Waals surface area contributed by atoms with Crippen LogP contribution in [-0.4, -0.2) is 61.9 Å². The monoisotopic (exact) mass is 447 g/mol. The van der Waals surface area contributed by atoms with E-state index in [1.807, 2.05) is 26.8 Å². The lowest BCUT2D eigenvalue weighted by atomic mass is 10.1. The minimum atomic E-state index is -4.50. The molecule has 0 aliphatic heterocycles. The van der Waals surface area contributed by atoms with Gasteiger partial charge in [0, 0.05) is 38.6 Å². The molecule has 3 aromatic rings. The van der Waals surface area contributed by atoms with Gasteiger partial charge in [-0.3, -0.25) is 4.79 Å². The number of carbonyl (C=O) groups is 1. The summed E-state index contributed by atoms with van der Waals surface area (Å²) in [6.45, 7) is 6.38. The lowest BCUT2D eigenvalue weighted by Crippen LogP contribution is -2.45. The Balaban J connectivity index is 1.80. The van der Waals surface area contributed by atoms with Crippen molar-refractivity contribution in [3.8, 4) is 5.69 Å². The number of carbonyl (C=O) groups excluding carboxylic acids is 1. The molecule has 1 aromatic carbocycles. The Morgan fingerprint density at radius 3 is 2.34 bits per heavy atom. The standard InChI is InChI=1S/C21H24F3N7O/c1-5-30(15(3)13-29(4)20-25-11-16(12-26-20)21(22,23)24)19(32)17-10-14(2)6-7-18(17)31-27-8-9-28-31/h6-12,15H,5,13H2,1-4H3/t15-/m0/s1. The van der Waals surface area contributed by atoms with Crippen LogP contribution in [0.15, 0.2) is 43.0 Å². The van der Waals surface area contributed by atoms with Gasteiger partial charge in [0.2, 0.25) is 5.95 Å². The summed E-state index contributed by atoms with van der Waals surface area (Å²) in [6, 6.07) is 5.19. The Morgan fingerprint density at radius 2 is 1.78 bits per heavy atom. The van der Waals surface area contributed by atoms with Crippen LogP contribution in [0.1, 0.15) is 35.3 Å². The van der Waals surface area contributed by atoms with Crippen LogP contribution in [-0.2, 0) is 6.18 Å². The van der Waals surface area contributed by atoms with Crippen LogP contribution in [0.5, 0.6) is 0 Å². The molecule has 0 spiro atoms. The first-order chi connectivity index (χ1) is 15.1. The van der Waals surface area contributed by atoms with Gasteiger partial charge in [-0.2, -0.15) is 28.2 Å². The third-order valence-corrected chi connectivity index (χ3v) is 5.00. The second-order valence-electron chi connectivity index (χ2n) is 7.43. The molecule has 2 aromatic heterocycles. The van der Waals surface area contributed by atoms with Crippen molar-refractivity contribution in [1.82, 2.24) is 29.9 Å². The topological polar surface area (TPSA) is 80.0 Å². The summed E-state index contributed by atoms with van der Waals surface area (Å²) in [7, 11) is 1.67. The summed E-state index contributed by atoms with van der Waals surface area (Å²) in [5.74, 6) is -0.0527. The normalized spacial score (nSPS) is 12.5. The van der Waals surface area contributed by atoms with E-state index in [1.165, 1.54) is 17.2 Å². The summed E-state index contributed by atoms with van der Waals surface area (Å²) < 4.78 is 38.2. The van der Waals surface area contributed by atoms with E-state index >= 15 is 0 Å². The number of amides is 1. The fraction of sp³-hybridized carbons (Fsp3) is 0.381. The number of hydrogen-bond donors (Lipinski definition) is 0. The minimum Gasteiger partial charge on any atom is -0.342 e. The fourth-order valence-electron chi connectivity index (χ4n) is 3.39. The largest absolute Gasteiger partial charge is 0.419 e. The Hall–Kier alpha value is -3.50. The van der Waals surface area contributed by atoms with Gasteiger partial charge in [0.25, 0.3) is 5.91 Å². The zero-order valence-electron chi connectivity index (χ0n) is 18.2. The second kappa shape index (κ2) is 9.33. The Labute approximate surface area is 183 Å². The van der Waals surface area contributed by atoms with E-state index in [9.17, 15) is 18.0 Å². The number of hydrogen-bond acceptors (Lipinski definition) is 6. The number of rotatable bonds is 7. The van der Waals surface area contributed by atoms with E-state index < -0.39 is 11.7 Å². The number of nitrogens with zero attached hydrogens (tertiary/aromatic N) is 7. The molecule has 0 saturated heterocycles.